The van der Waals surface area contributed by atoms with Crippen molar-refractivity contribution in [2.24, 2.45) is 0 Å². The standard InChI is InChI=1S/C8H9BrN2OS/c1-2-3-4-10-8(12)6-7(9)13-5-11-6/h2-3,5H,4H2,1H3,(H,10,12)/b3-2+. The summed E-state index contributed by atoms with van der Waals surface area (Å²) in [6.07, 6.45) is 3.76. The average molecular weight is 261 g/mol. The summed E-state index contributed by atoms with van der Waals surface area (Å²) < 4.78 is 0.769. The number of amides is 1. The molecule has 0 spiro atoms. The van der Waals surface area contributed by atoms with Crippen LogP contribution in [0.1, 0.15) is 17.4 Å². The number of hydrogen-bond acceptors (Lipinski definition) is 3. The molecule has 1 amide bonds. The van der Waals surface area contributed by atoms with Crippen LogP contribution in [0.5, 0.6) is 0 Å². The minimum absolute atomic E-state index is 0.147. The molecule has 0 atom stereocenters. The van der Waals surface area contributed by atoms with Crippen LogP contribution in [-0.4, -0.2) is 17.4 Å². The molecule has 5 heteroatoms. The smallest absolute Gasteiger partial charge is 0.272 e. The Kier molecular flexibility index (Phi) is 4.11. The predicted molar refractivity (Wildman–Crippen MR) is 57.0 cm³/mol. The number of aromatic nitrogens is 1. The topological polar surface area (TPSA) is 42.0 Å². The molecule has 1 rings (SSSR count). The number of nitrogens with zero attached hydrogens (tertiary/aromatic N) is 1. The molecule has 0 radical (unpaired) electrons. The first kappa shape index (κ1) is 10.4. The van der Waals surface area contributed by atoms with Gasteiger partial charge in [0.2, 0.25) is 0 Å². The number of rotatable bonds is 3. The second-order valence-electron chi connectivity index (χ2n) is 2.25. The van der Waals surface area contributed by atoms with Crippen molar-refractivity contribution >= 4 is 33.2 Å². The molecule has 0 aliphatic rings. The van der Waals surface area contributed by atoms with E-state index in [4.69, 9.17) is 0 Å². The second-order valence-corrected chi connectivity index (χ2v) is 4.43. The first-order chi connectivity index (χ1) is 6.25. The summed E-state index contributed by atoms with van der Waals surface area (Å²) in [5, 5.41) is 2.72. The number of carbonyl (C=O) groups excluding carboxylic acids is 1. The summed E-state index contributed by atoms with van der Waals surface area (Å²) in [5.41, 5.74) is 2.09. The fourth-order valence-electron chi connectivity index (χ4n) is 0.733. The van der Waals surface area contributed by atoms with Gasteiger partial charge in [-0.25, -0.2) is 4.98 Å². The van der Waals surface area contributed by atoms with Crippen molar-refractivity contribution in [2.75, 3.05) is 6.54 Å². The SMILES string of the molecule is C/C=C/CNC(=O)c1ncsc1Br. The van der Waals surface area contributed by atoms with Gasteiger partial charge in [0.25, 0.3) is 5.91 Å². The van der Waals surface area contributed by atoms with Gasteiger partial charge in [-0.05, 0) is 22.9 Å². The van der Waals surface area contributed by atoms with Crippen LogP contribution < -0.4 is 5.32 Å². The predicted octanol–water partition coefficient (Wildman–Crippen LogP) is 2.21. The zero-order chi connectivity index (χ0) is 9.68. The Morgan fingerprint density at radius 3 is 3.15 bits per heavy atom. The number of thiazole rings is 1. The number of hydrogen-bond donors (Lipinski definition) is 1. The molecule has 3 nitrogen and oxygen atoms in total. The third-order valence-electron chi connectivity index (χ3n) is 1.36. The van der Waals surface area contributed by atoms with Crippen LogP contribution in [0.25, 0.3) is 0 Å². The fourth-order valence-corrected chi connectivity index (χ4v) is 1.77. The normalized spacial score (nSPS) is 10.6. The molecule has 0 aromatic carbocycles. The summed E-state index contributed by atoms with van der Waals surface area (Å²) in [6.45, 7) is 2.45. The highest BCUT2D eigenvalue weighted by Gasteiger charge is 2.11. The van der Waals surface area contributed by atoms with Gasteiger partial charge in [-0.3, -0.25) is 4.79 Å². The van der Waals surface area contributed by atoms with Gasteiger partial charge in [0.15, 0.2) is 5.69 Å². The zero-order valence-electron chi connectivity index (χ0n) is 7.08. The fraction of sp³-hybridized carbons (Fsp3) is 0.250. The van der Waals surface area contributed by atoms with Crippen LogP contribution in [0.2, 0.25) is 0 Å². The van der Waals surface area contributed by atoms with Crippen molar-refractivity contribution in [3.63, 3.8) is 0 Å². The highest BCUT2D eigenvalue weighted by atomic mass is 79.9. The average Bonchev–Trinajstić information content (AvgIpc) is 2.52. The molecule has 0 saturated carbocycles. The van der Waals surface area contributed by atoms with Crippen LogP contribution in [-0.2, 0) is 0 Å². The van der Waals surface area contributed by atoms with Gasteiger partial charge in [-0.2, -0.15) is 0 Å². The largest absolute Gasteiger partial charge is 0.347 e. The Hall–Kier alpha value is -0.680. The molecule has 1 aromatic heterocycles. The van der Waals surface area contributed by atoms with Crippen molar-refractivity contribution in [1.82, 2.24) is 10.3 Å². The lowest BCUT2D eigenvalue weighted by Crippen LogP contribution is -2.23. The van der Waals surface area contributed by atoms with E-state index in [-0.39, 0.29) is 5.91 Å². The highest BCUT2D eigenvalue weighted by molar-refractivity contribution is 9.11. The summed E-state index contributed by atoms with van der Waals surface area (Å²) in [7, 11) is 0. The number of nitrogens with one attached hydrogen (secondary N) is 1. The Labute approximate surface area is 89.0 Å². The van der Waals surface area contributed by atoms with Crippen LogP contribution in [0.15, 0.2) is 21.4 Å². The summed E-state index contributed by atoms with van der Waals surface area (Å²) >= 11 is 4.65. The number of halogens is 1. The van der Waals surface area contributed by atoms with Crippen LogP contribution in [0.4, 0.5) is 0 Å². The minimum Gasteiger partial charge on any atom is -0.347 e. The van der Waals surface area contributed by atoms with Crippen LogP contribution in [0, 0.1) is 0 Å². The number of carbonyl (C=O) groups is 1. The van der Waals surface area contributed by atoms with Gasteiger partial charge in [0, 0.05) is 6.54 Å². The van der Waals surface area contributed by atoms with Gasteiger partial charge < -0.3 is 5.32 Å². The molecule has 1 N–H and O–H groups in total. The van der Waals surface area contributed by atoms with Gasteiger partial charge in [0.05, 0.1) is 5.51 Å². The minimum atomic E-state index is -0.147. The quantitative estimate of drug-likeness (QED) is 0.847. The lowest BCUT2D eigenvalue weighted by atomic mass is 10.4. The maximum Gasteiger partial charge on any atom is 0.272 e. The van der Waals surface area contributed by atoms with Gasteiger partial charge >= 0.3 is 0 Å². The van der Waals surface area contributed by atoms with Gasteiger partial charge in [0.1, 0.15) is 3.79 Å². The Balaban J connectivity index is 2.54. The molecule has 1 heterocycles. The molecular formula is C8H9BrN2OS. The third-order valence-corrected chi connectivity index (χ3v) is 2.90. The maximum absolute atomic E-state index is 11.4. The van der Waals surface area contributed by atoms with E-state index in [1.807, 2.05) is 19.1 Å². The number of allylic oxidation sites excluding steroid dienone is 1. The lowest BCUT2D eigenvalue weighted by molar-refractivity contribution is 0.0953. The molecule has 0 bridgehead atoms. The Morgan fingerprint density at radius 2 is 2.62 bits per heavy atom. The highest BCUT2D eigenvalue weighted by Crippen LogP contribution is 2.19. The van der Waals surface area contributed by atoms with Crippen LogP contribution in [0.3, 0.4) is 0 Å². The molecule has 13 heavy (non-hydrogen) atoms. The molecule has 0 saturated heterocycles. The molecular weight excluding hydrogens is 252 g/mol. The van der Waals surface area contributed by atoms with Crippen LogP contribution >= 0.6 is 27.3 Å². The van der Waals surface area contributed by atoms with E-state index in [9.17, 15) is 4.79 Å². The monoisotopic (exact) mass is 260 g/mol. The van der Waals surface area contributed by atoms with E-state index in [1.165, 1.54) is 11.3 Å². The first-order valence-electron chi connectivity index (χ1n) is 3.74. The molecule has 70 valence electrons. The summed E-state index contributed by atoms with van der Waals surface area (Å²) in [5.74, 6) is -0.147. The van der Waals surface area contributed by atoms with Crippen molar-refractivity contribution in [1.29, 1.82) is 0 Å². The van der Waals surface area contributed by atoms with Gasteiger partial charge in [-0.15, -0.1) is 11.3 Å². The first-order valence-corrected chi connectivity index (χ1v) is 5.41. The van der Waals surface area contributed by atoms with Crippen molar-refractivity contribution in [3.8, 4) is 0 Å². The van der Waals surface area contributed by atoms with Crippen molar-refractivity contribution in [3.05, 3.63) is 27.1 Å². The third kappa shape index (κ3) is 2.93. The summed E-state index contributed by atoms with van der Waals surface area (Å²) in [4.78, 5) is 15.3. The molecule has 0 fully saturated rings. The lowest BCUT2D eigenvalue weighted by Gasteiger charge is -1.98. The molecule has 0 aliphatic carbocycles. The molecule has 1 aromatic rings. The Morgan fingerprint density at radius 1 is 1.85 bits per heavy atom. The maximum atomic E-state index is 11.4. The zero-order valence-corrected chi connectivity index (χ0v) is 9.48. The van der Waals surface area contributed by atoms with E-state index < -0.39 is 0 Å². The van der Waals surface area contributed by atoms with Gasteiger partial charge in [-0.1, -0.05) is 12.2 Å². The van der Waals surface area contributed by atoms with E-state index in [0.717, 1.165) is 3.79 Å². The summed E-state index contributed by atoms with van der Waals surface area (Å²) in [6, 6.07) is 0. The van der Waals surface area contributed by atoms with Crippen molar-refractivity contribution in [2.45, 2.75) is 6.92 Å². The van der Waals surface area contributed by atoms with E-state index in [1.54, 1.807) is 5.51 Å². The van der Waals surface area contributed by atoms with Crippen molar-refractivity contribution < 1.29 is 4.79 Å². The Bertz CT molecular complexity index is 322. The molecule has 0 unspecified atom stereocenters. The van der Waals surface area contributed by atoms with E-state index in [0.29, 0.717) is 12.2 Å². The molecule has 0 aliphatic heterocycles. The second kappa shape index (κ2) is 5.14. The van der Waals surface area contributed by atoms with E-state index >= 15 is 0 Å². The van der Waals surface area contributed by atoms with E-state index in [2.05, 4.69) is 26.2 Å².